The van der Waals surface area contributed by atoms with E-state index in [2.05, 4.69) is 10.2 Å². The van der Waals surface area contributed by atoms with Crippen LogP contribution in [0.2, 0.25) is 0 Å². The van der Waals surface area contributed by atoms with Crippen molar-refractivity contribution in [2.45, 2.75) is 39.3 Å². The van der Waals surface area contributed by atoms with Crippen LogP contribution in [-0.2, 0) is 17.8 Å². The van der Waals surface area contributed by atoms with Gasteiger partial charge in [0.15, 0.2) is 6.10 Å². The molecule has 1 aliphatic heterocycles. The lowest BCUT2D eigenvalue weighted by Crippen LogP contribution is -2.44. The summed E-state index contributed by atoms with van der Waals surface area (Å²) in [5, 5.41) is 7.04. The zero-order chi connectivity index (χ0) is 15.5. The summed E-state index contributed by atoms with van der Waals surface area (Å²) in [6.45, 7) is 5.29. The maximum absolute atomic E-state index is 12.7. The maximum Gasteiger partial charge on any atom is 0.263 e. The lowest BCUT2D eigenvalue weighted by molar-refractivity contribution is -0.139. The van der Waals surface area contributed by atoms with Gasteiger partial charge in [0.05, 0.1) is 6.20 Å². The van der Waals surface area contributed by atoms with E-state index in [0.29, 0.717) is 19.5 Å². The van der Waals surface area contributed by atoms with Gasteiger partial charge in [-0.3, -0.25) is 9.89 Å². The molecule has 1 aliphatic rings. The van der Waals surface area contributed by atoms with Gasteiger partial charge in [-0.1, -0.05) is 25.1 Å². The number of fused-ring (bicyclic) bond motifs is 1. The summed E-state index contributed by atoms with van der Waals surface area (Å²) in [5.74, 6) is 0.835. The maximum atomic E-state index is 12.7. The summed E-state index contributed by atoms with van der Waals surface area (Å²) < 4.78 is 5.96. The first-order valence-corrected chi connectivity index (χ1v) is 7.71. The molecule has 1 aromatic carbocycles. The molecule has 0 bridgehead atoms. The Morgan fingerprint density at radius 1 is 1.45 bits per heavy atom. The smallest absolute Gasteiger partial charge is 0.263 e. The molecule has 2 heterocycles. The SMILES string of the molecule is CCC(Oc1ccccc1C)C(=O)N1CCc2[nH]ncc2C1. The number of H-pyrrole nitrogens is 1. The number of hydrogen-bond donors (Lipinski definition) is 1. The number of aromatic amines is 1. The molecule has 1 unspecified atom stereocenters. The van der Waals surface area contributed by atoms with E-state index in [-0.39, 0.29) is 5.91 Å². The van der Waals surface area contributed by atoms with Crippen molar-refractivity contribution in [2.75, 3.05) is 6.54 Å². The van der Waals surface area contributed by atoms with Crippen molar-refractivity contribution in [3.63, 3.8) is 0 Å². The molecular weight excluding hydrogens is 278 g/mol. The van der Waals surface area contributed by atoms with Crippen molar-refractivity contribution in [1.29, 1.82) is 0 Å². The lowest BCUT2D eigenvalue weighted by atomic mass is 10.1. The van der Waals surface area contributed by atoms with Gasteiger partial charge in [-0.25, -0.2) is 0 Å². The number of aryl methyl sites for hydroxylation is 1. The Kier molecular flexibility index (Phi) is 4.13. The standard InChI is InChI=1S/C17H21N3O2/c1-3-15(22-16-7-5-4-6-12(16)2)17(21)20-9-8-14-13(11-20)10-18-19-14/h4-7,10,15H,3,8-9,11H2,1-2H3,(H,18,19). The summed E-state index contributed by atoms with van der Waals surface area (Å²) in [4.78, 5) is 14.6. The third-order valence-corrected chi connectivity index (χ3v) is 4.12. The third-order valence-electron chi connectivity index (χ3n) is 4.12. The number of amides is 1. The van der Waals surface area contributed by atoms with Crippen molar-refractivity contribution >= 4 is 5.91 Å². The minimum absolute atomic E-state index is 0.0533. The summed E-state index contributed by atoms with van der Waals surface area (Å²) >= 11 is 0. The van der Waals surface area contributed by atoms with Gasteiger partial charge in [-0.2, -0.15) is 5.10 Å². The van der Waals surface area contributed by atoms with Gasteiger partial charge in [-0.15, -0.1) is 0 Å². The first kappa shape index (κ1) is 14.6. The van der Waals surface area contributed by atoms with Crippen LogP contribution in [-0.4, -0.2) is 33.7 Å². The predicted molar refractivity (Wildman–Crippen MR) is 83.6 cm³/mol. The fraction of sp³-hybridized carbons (Fsp3) is 0.412. The molecule has 3 rings (SSSR count). The van der Waals surface area contributed by atoms with Crippen molar-refractivity contribution in [3.05, 3.63) is 47.3 Å². The lowest BCUT2D eigenvalue weighted by Gasteiger charge is -2.30. The van der Waals surface area contributed by atoms with Crippen LogP contribution in [0, 0.1) is 6.92 Å². The highest BCUT2D eigenvalue weighted by Crippen LogP contribution is 2.22. The molecular formula is C17H21N3O2. The molecule has 0 spiro atoms. The van der Waals surface area contributed by atoms with Crippen LogP contribution < -0.4 is 4.74 Å². The highest BCUT2D eigenvalue weighted by atomic mass is 16.5. The van der Waals surface area contributed by atoms with E-state index in [1.165, 1.54) is 0 Å². The van der Waals surface area contributed by atoms with E-state index < -0.39 is 6.10 Å². The van der Waals surface area contributed by atoms with Gasteiger partial charge in [0.2, 0.25) is 0 Å². The van der Waals surface area contributed by atoms with E-state index in [4.69, 9.17) is 4.74 Å². The van der Waals surface area contributed by atoms with Crippen LogP contribution in [0.4, 0.5) is 0 Å². The predicted octanol–water partition coefficient (Wildman–Crippen LogP) is 2.46. The van der Waals surface area contributed by atoms with Crippen molar-refractivity contribution in [1.82, 2.24) is 15.1 Å². The number of benzene rings is 1. The minimum atomic E-state index is -0.436. The molecule has 22 heavy (non-hydrogen) atoms. The Morgan fingerprint density at radius 3 is 3.05 bits per heavy atom. The average Bonchev–Trinajstić information content (AvgIpc) is 3.01. The molecule has 2 aromatic rings. The number of para-hydroxylation sites is 1. The van der Waals surface area contributed by atoms with Gasteiger partial charge in [0.1, 0.15) is 5.75 Å². The number of ether oxygens (including phenoxy) is 1. The highest BCUT2D eigenvalue weighted by Gasteiger charge is 2.28. The number of carbonyl (C=O) groups is 1. The number of nitrogens with one attached hydrogen (secondary N) is 1. The molecule has 5 heteroatoms. The second-order valence-electron chi connectivity index (χ2n) is 5.66. The molecule has 1 aromatic heterocycles. The van der Waals surface area contributed by atoms with Crippen LogP contribution in [0.25, 0.3) is 0 Å². The molecule has 116 valence electrons. The van der Waals surface area contributed by atoms with Gasteiger partial charge in [0, 0.05) is 30.8 Å². The monoisotopic (exact) mass is 299 g/mol. The molecule has 0 fully saturated rings. The van der Waals surface area contributed by atoms with Crippen LogP contribution in [0.15, 0.2) is 30.5 Å². The molecule has 5 nitrogen and oxygen atoms in total. The van der Waals surface area contributed by atoms with Crippen molar-refractivity contribution < 1.29 is 9.53 Å². The topological polar surface area (TPSA) is 58.2 Å². The van der Waals surface area contributed by atoms with E-state index >= 15 is 0 Å². The first-order chi connectivity index (χ1) is 10.7. The Morgan fingerprint density at radius 2 is 2.27 bits per heavy atom. The Balaban J connectivity index is 1.71. The number of hydrogen-bond acceptors (Lipinski definition) is 3. The zero-order valence-corrected chi connectivity index (χ0v) is 13.0. The van der Waals surface area contributed by atoms with E-state index in [1.54, 1.807) is 6.20 Å². The molecule has 1 atom stereocenters. The number of carbonyl (C=O) groups excluding carboxylic acids is 1. The Bertz CT molecular complexity index is 665. The molecule has 0 radical (unpaired) electrons. The van der Waals surface area contributed by atoms with Crippen LogP contribution in [0.3, 0.4) is 0 Å². The van der Waals surface area contributed by atoms with Crippen molar-refractivity contribution in [2.24, 2.45) is 0 Å². The molecule has 1 N–H and O–H groups in total. The molecule has 1 amide bonds. The Hall–Kier alpha value is -2.30. The van der Waals surface area contributed by atoms with E-state index in [1.807, 2.05) is 43.0 Å². The summed E-state index contributed by atoms with van der Waals surface area (Å²) in [6, 6.07) is 7.80. The third kappa shape index (κ3) is 2.84. The first-order valence-electron chi connectivity index (χ1n) is 7.71. The van der Waals surface area contributed by atoms with Gasteiger partial charge in [0.25, 0.3) is 5.91 Å². The second kappa shape index (κ2) is 6.22. The van der Waals surface area contributed by atoms with Gasteiger partial charge >= 0.3 is 0 Å². The normalized spacial score (nSPS) is 15.3. The summed E-state index contributed by atoms with van der Waals surface area (Å²) in [6.07, 6.45) is 2.84. The fourth-order valence-electron chi connectivity index (χ4n) is 2.76. The average molecular weight is 299 g/mol. The van der Waals surface area contributed by atoms with Gasteiger partial charge in [-0.05, 0) is 25.0 Å². The van der Waals surface area contributed by atoms with E-state index in [0.717, 1.165) is 29.0 Å². The number of rotatable bonds is 4. The number of nitrogens with zero attached hydrogens (tertiary/aromatic N) is 2. The number of aromatic nitrogens is 2. The fourth-order valence-corrected chi connectivity index (χ4v) is 2.76. The molecule has 0 aliphatic carbocycles. The van der Waals surface area contributed by atoms with Gasteiger partial charge < -0.3 is 9.64 Å². The quantitative estimate of drug-likeness (QED) is 0.943. The van der Waals surface area contributed by atoms with Crippen molar-refractivity contribution in [3.8, 4) is 5.75 Å². The summed E-state index contributed by atoms with van der Waals surface area (Å²) in [7, 11) is 0. The van der Waals surface area contributed by atoms with Crippen LogP contribution in [0.5, 0.6) is 5.75 Å². The zero-order valence-electron chi connectivity index (χ0n) is 13.0. The van der Waals surface area contributed by atoms with E-state index in [9.17, 15) is 4.79 Å². The summed E-state index contributed by atoms with van der Waals surface area (Å²) in [5.41, 5.74) is 3.28. The second-order valence-corrected chi connectivity index (χ2v) is 5.66. The highest BCUT2D eigenvalue weighted by molar-refractivity contribution is 5.81. The Labute approximate surface area is 130 Å². The minimum Gasteiger partial charge on any atom is -0.480 e. The molecule has 0 saturated heterocycles. The largest absolute Gasteiger partial charge is 0.480 e. The molecule has 0 saturated carbocycles. The van der Waals surface area contributed by atoms with Crippen LogP contribution >= 0.6 is 0 Å². The van der Waals surface area contributed by atoms with Crippen LogP contribution in [0.1, 0.15) is 30.2 Å².